The van der Waals surface area contributed by atoms with Crippen LogP contribution in [0.1, 0.15) is 59.8 Å². The van der Waals surface area contributed by atoms with Crippen LogP contribution >= 0.6 is 23.2 Å². The highest BCUT2D eigenvalue weighted by Crippen LogP contribution is 2.52. The number of para-hydroxylation sites is 2. The van der Waals surface area contributed by atoms with Crippen molar-refractivity contribution in [3.63, 3.8) is 0 Å². The summed E-state index contributed by atoms with van der Waals surface area (Å²) in [5, 5.41) is 21.9. The topological polar surface area (TPSA) is 76.0 Å². The van der Waals surface area contributed by atoms with Crippen LogP contribution in [0.15, 0.2) is 157 Å². The molecule has 0 radical (unpaired) electrons. The molecule has 2 N–H and O–H groups in total. The van der Waals surface area contributed by atoms with Crippen molar-refractivity contribution in [3.05, 3.63) is 201 Å². The van der Waals surface area contributed by atoms with E-state index in [2.05, 4.69) is 0 Å². The van der Waals surface area contributed by atoms with Crippen LogP contribution in [0, 0.1) is 23.5 Å². The lowest BCUT2D eigenvalue weighted by Crippen LogP contribution is -2.52. The fraction of sp³-hybridized carbons (Fsp3) is 0.235. The van der Waals surface area contributed by atoms with Crippen LogP contribution in [0.3, 0.4) is 0 Å². The molecule has 0 amide bonds. The van der Waals surface area contributed by atoms with Gasteiger partial charge in [-0.15, -0.1) is 0 Å². The zero-order valence-electron chi connectivity index (χ0n) is 33.5. The van der Waals surface area contributed by atoms with Gasteiger partial charge in [-0.1, -0.05) is 96.0 Å². The lowest BCUT2D eigenvalue weighted by atomic mass is 9.75. The number of aliphatic hydroxyl groups excluding tert-OH is 1. The van der Waals surface area contributed by atoms with Crippen molar-refractivity contribution in [3.8, 4) is 23.0 Å². The monoisotopic (exact) mass is 882 g/mol. The summed E-state index contributed by atoms with van der Waals surface area (Å²) in [4.78, 5) is 12.2. The van der Waals surface area contributed by atoms with Crippen molar-refractivity contribution in [1.29, 1.82) is 0 Å². The van der Waals surface area contributed by atoms with Crippen LogP contribution in [-0.4, -0.2) is 28.0 Å². The Balaban J connectivity index is 0.000000188. The van der Waals surface area contributed by atoms with E-state index < -0.39 is 35.3 Å². The maximum Gasteiger partial charge on any atom is 0.344 e. The van der Waals surface area contributed by atoms with Crippen LogP contribution in [0.2, 0.25) is 10.0 Å². The van der Waals surface area contributed by atoms with Gasteiger partial charge < -0.3 is 19.7 Å². The summed E-state index contributed by atoms with van der Waals surface area (Å²) in [6, 6.07) is 39.9. The van der Waals surface area contributed by atoms with Gasteiger partial charge in [0.25, 0.3) is 0 Å². The van der Waals surface area contributed by atoms with Gasteiger partial charge in [0.15, 0.2) is 23.1 Å². The van der Waals surface area contributed by atoms with E-state index in [1.165, 1.54) is 18.2 Å². The van der Waals surface area contributed by atoms with Crippen molar-refractivity contribution >= 4 is 29.2 Å². The van der Waals surface area contributed by atoms with Crippen molar-refractivity contribution < 1.29 is 42.0 Å². The number of benzene rings is 6. The van der Waals surface area contributed by atoms with E-state index in [1.54, 1.807) is 97.1 Å². The first kappa shape index (κ1) is 44.4. The van der Waals surface area contributed by atoms with E-state index in [0.29, 0.717) is 57.9 Å². The molecule has 8 rings (SSSR count). The lowest BCUT2D eigenvalue weighted by molar-refractivity contribution is -0.163. The van der Waals surface area contributed by atoms with Gasteiger partial charge in [0.05, 0.1) is 0 Å². The fourth-order valence-electron chi connectivity index (χ4n) is 7.65. The Labute approximate surface area is 368 Å². The van der Waals surface area contributed by atoms with E-state index in [9.17, 15) is 23.8 Å². The van der Waals surface area contributed by atoms with Gasteiger partial charge in [-0.05, 0) is 145 Å². The largest absolute Gasteiger partial charge is 0.479 e. The minimum Gasteiger partial charge on any atom is -0.479 e. The second-order valence-corrected chi connectivity index (χ2v) is 16.6. The van der Waals surface area contributed by atoms with Gasteiger partial charge in [-0.3, -0.25) is 0 Å². The van der Waals surface area contributed by atoms with Gasteiger partial charge >= 0.3 is 5.97 Å². The Morgan fingerprint density at radius 2 is 1.15 bits per heavy atom. The zero-order chi connectivity index (χ0) is 43.8. The van der Waals surface area contributed by atoms with E-state index in [-0.39, 0.29) is 35.6 Å². The summed E-state index contributed by atoms with van der Waals surface area (Å²) < 4.78 is 71.0. The van der Waals surface area contributed by atoms with Gasteiger partial charge in [0, 0.05) is 28.3 Å². The quantitative estimate of drug-likeness (QED) is 0.0947. The standard InChI is InChI=1S/C26H23ClF2O4.C25H21ClF2O/c27-19-11-9-18(10-12-19)24(17-7-8-17)26(29,25(31)32)23(30)15-16-6-13-21(28)22(14-16)33-20-4-2-1-3-5-20;26-20-12-10-19(11-13-20)25(18-8-9-18)23(28)15-7-17-6-14-22(27)24(16-17)29-21-4-2-1-3-5-21/h1-6,9-14,17,23-24,30H,7-8,15H2,(H,31,32);1-6,10-16,18,25H,7-9H2/b;23-15-/t23?,24-,26?;25-/m00/s1. The predicted octanol–water partition coefficient (Wildman–Crippen LogP) is 14.0. The number of alkyl halides is 1. The number of halogens is 6. The molecule has 0 saturated heterocycles. The van der Waals surface area contributed by atoms with Gasteiger partial charge in [-0.2, -0.15) is 0 Å². The fourth-order valence-corrected chi connectivity index (χ4v) is 7.90. The molecule has 2 fully saturated rings. The van der Waals surface area contributed by atoms with E-state index in [4.69, 9.17) is 32.7 Å². The number of ether oxygens (including phenoxy) is 2. The van der Waals surface area contributed by atoms with Crippen molar-refractivity contribution in [2.75, 3.05) is 0 Å². The van der Waals surface area contributed by atoms with E-state index in [0.717, 1.165) is 30.0 Å². The average molecular weight is 884 g/mol. The van der Waals surface area contributed by atoms with Gasteiger partial charge in [0.2, 0.25) is 5.67 Å². The highest BCUT2D eigenvalue weighted by Gasteiger charge is 2.57. The molecule has 6 aromatic carbocycles. The Hall–Kier alpha value is -5.61. The van der Waals surface area contributed by atoms with Crippen molar-refractivity contribution in [1.82, 2.24) is 0 Å². The Morgan fingerprint density at radius 3 is 1.63 bits per heavy atom. The highest BCUT2D eigenvalue weighted by atomic mass is 35.5. The molecule has 4 atom stereocenters. The van der Waals surface area contributed by atoms with Crippen molar-refractivity contribution in [2.45, 2.75) is 62.1 Å². The Kier molecular flexibility index (Phi) is 14.4. The normalized spacial score (nSPS) is 16.2. The third-order valence-corrected chi connectivity index (χ3v) is 11.6. The molecule has 2 saturated carbocycles. The molecule has 2 aliphatic rings. The molecule has 0 heterocycles. The molecular weight excluding hydrogens is 839 g/mol. The zero-order valence-corrected chi connectivity index (χ0v) is 35.0. The number of hydrogen-bond acceptors (Lipinski definition) is 4. The van der Waals surface area contributed by atoms with Crippen molar-refractivity contribution in [2.24, 2.45) is 11.8 Å². The third kappa shape index (κ3) is 11.3. The molecule has 320 valence electrons. The smallest absolute Gasteiger partial charge is 0.344 e. The van der Waals surface area contributed by atoms with Gasteiger partial charge in [0.1, 0.15) is 23.4 Å². The Bertz CT molecular complexity index is 2460. The molecular formula is C51H44Cl2F4O5. The second kappa shape index (κ2) is 20.1. The van der Waals surface area contributed by atoms with Crippen LogP contribution < -0.4 is 9.47 Å². The van der Waals surface area contributed by atoms with Crippen LogP contribution in [0.4, 0.5) is 17.6 Å². The maximum absolute atomic E-state index is 16.3. The second-order valence-electron chi connectivity index (χ2n) is 15.7. The first-order chi connectivity index (χ1) is 29.9. The highest BCUT2D eigenvalue weighted by molar-refractivity contribution is 6.30. The average Bonchev–Trinajstić information content (AvgIpc) is 4.22. The summed E-state index contributed by atoms with van der Waals surface area (Å²) in [6.07, 6.45) is 3.16. The molecule has 5 nitrogen and oxygen atoms in total. The van der Waals surface area contributed by atoms with Gasteiger partial charge in [-0.25, -0.2) is 22.4 Å². The predicted molar refractivity (Wildman–Crippen MR) is 234 cm³/mol. The summed E-state index contributed by atoms with van der Waals surface area (Å²) in [6.45, 7) is 0. The molecule has 11 heteroatoms. The molecule has 0 aromatic heterocycles. The number of allylic oxidation sites excluding steroid dienone is 2. The molecule has 2 unspecified atom stereocenters. The number of aliphatic carboxylic acids is 1. The molecule has 0 spiro atoms. The first-order valence-electron chi connectivity index (χ1n) is 20.4. The molecule has 62 heavy (non-hydrogen) atoms. The minimum atomic E-state index is -2.94. The number of rotatable bonds is 16. The summed E-state index contributed by atoms with van der Waals surface area (Å²) >= 11 is 11.9. The lowest BCUT2D eigenvalue weighted by Gasteiger charge is -2.35. The minimum absolute atomic E-state index is 0.0953. The van der Waals surface area contributed by atoms with Crippen LogP contribution in [-0.2, 0) is 17.6 Å². The molecule has 2 aliphatic carbocycles. The number of carboxylic acid groups (broad SMARTS) is 1. The van der Waals surface area contributed by atoms with Crippen LogP contribution in [0.5, 0.6) is 23.0 Å². The Morgan fingerprint density at radius 1 is 0.677 bits per heavy atom. The summed E-state index contributed by atoms with van der Waals surface area (Å²) in [5.41, 5.74) is -0.387. The molecule has 0 bridgehead atoms. The molecule has 6 aromatic rings. The number of carbonyl (C=O) groups is 1. The maximum atomic E-state index is 16.3. The molecule has 0 aliphatic heterocycles. The van der Waals surface area contributed by atoms with Crippen LogP contribution in [0.25, 0.3) is 0 Å². The number of aliphatic hydroxyl groups is 1. The summed E-state index contributed by atoms with van der Waals surface area (Å²) in [7, 11) is 0. The third-order valence-electron chi connectivity index (χ3n) is 11.1. The SMILES string of the molecule is F/C(=C\Cc1ccc(F)c(Oc2ccccc2)c1)[C@H](c1ccc(Cl)cc1)C1CC1.O=C(O)C(F)(C(O)Cc1ccc(F)c(Oc2ccccc2)c1)[C@H](c1ccc(Cl)cc1)C1CC1. The summed E-state index contributed by atoms with van der Waals surface area (Å²) in [5.74, 6) is -3.09. The van der Waals surface area contributed by atoms with E-state index in [1.807, 2.05) is 30.3 Å². The number of hydrogen-bond donors (Lipinski definition) is 2. The number of carboxylic acids is 1. The van der Waals surface area contributed by atoms with E-state index >= 15 is 8.78 Å². The first-order valence-corrected chi connectivity index (χ1v) is 21.1.